The predicted octanol–water partition coefficient (Wildman–Crippen LogP) is 1.98. The van der Waals surface area contributed by atoms with Gasteiger partial charge in [0, 0.05) is 23.5 Å². The molecule has 0 saturated heterocycles. The molecule has 0 spiro atoms. The average Bonchev–Trinajstić information content (AvgIpc) is 2.27. The number of hydrogen-bond donors (Lipinski definition) is 2. The molecule has 0 fully saturated rings. The Morgan fingerprint density at radius 2 is 2.18 bits per heavy atom. The van der Waals surface area contributed by atoms with Gasteiger partial charge in [-0.05, 0) is 31.0 Å². The third-order valence-corrected chi connectivity index (χ3v) is 2.86. The summed E-state index contributed by atoms with van der Waals surface area (Å²) in [5.74, 6) is -0.140. The van der Waals surface area contributed by atoms with Crippen LogP contribution in [-0.4, -0.2) is 18.5 Å². The van der Waals surface area contributed by atoms with Crippen LogP contribution in [0.3, 0.4) is 0 Å². The van der Waals surface area contributed by atoms with E-state index in [9.17, 15) is 4.79 Å². The molecule has 1 aromatic rings. The maximum absolute atomic E-state index is 11.6. The van der Waals surface area contributed by atoms with Gasteiger partial charge >= 0.3 is 0 Å². The number of halogens is 1. The van der Waals surface area contributed by atoms with Gasteiger partial charge in [0.15, 0.2) is 0 Å². The zero-order chi connectivity index (χ0) is 12.8. The van der Waals surface area contributed by atoms with E-state index in [4.69, 9.17) is 17.3 Å². The Kier molecular flexibility index (Phi) is 5.45. The molecule has 0 bridgehead atoms. The fraction of sp³-hybridized carbons (Fsp3) is 0.462. The maximum Gasteiger partial charge on any atom is 0.224 e. The molecule has 0 aromatic heterocycles. The van der Waals surface area contributed by atoms with Crippen LogP contribution in [0.15, 0.2) is 24.3 Å². The van der Waals surface area contributed by atoms with Gasteiger partial charge in [0.2, 0.25) is 5.91 Å². The van der Waals surface area contributed by atoms with Crippen LogP contribution in [0.2, 0.25) is 5.02 Å². The van der Waals surface area contributed by atoms with Crippen LogP contribution < -0.4 is 11.1 Å². The number of amides is 1. The third kappa shape index (κ3) is 4.75. The molecule has 17 heavy (non-hydrogen) atoms. The molecular weight excluding hydrogens is 236 g/mol. The number of benzene rings is 1. The standard InChI is InChI=1S/C13H19ClN2O/c1-9(8-15)13(17)16-10(2)6-11-4-3-5-12(14)7-11/h3-5,7,9-10H,6,8,15H2,1-2H3,(H,16,17). The number of carbonyl (C=O) groups is 1. The summed E-state index contributed by atoms with van der Waals surface area (Å²) in [6.07, 6.45) is 0.767. The second-order valence-corrected chi connectivity index (χ2v) is 4.82. The first kappa shape index (κ1) is 14.0. The quantitative estimate of drug-likeness (QED) is 0.844. The van der Waals surface area contributed by atoms with E-state index in [1.54, 1.807) is 0 Å². The molecule has 0 saturated carbocycles. The first-order valence-corrected chi connectivity index (χ1v) is 6.15. The summed E-state index contributed by atoms with van der Waals surface area (Å²) in [5.41, 5.74) is 6.56. The van der Waals surface area contributed by atoms with E-state index in [1.807, 2.05) is 38.1 Å². The van der Waals surface area contributed by atoms with E-state index in [2.05, 4.69) is 5.32 Å². The Hall–Kier alpha value is -1.06. The topological polar surface area (TPSA) is 55.1 Å². The lowest BCUT2D eigenvalue weighted by Crippen LogP contribution is -2.39. The molecule has 0 radical (unpaired) electrons. The number of nitrogens with one attached hydrogen (secondary N) is 1. The summed E-state index contributed by atoms with van der Waals surface area (Å²) >= 11 is 5.90. The zero-order valence-electron chi connectivity index (χ0n) is 10.2. The van der Waals surface area contributed by atoms with E-state index in [0.29, 0.717) is 6.54 Å². The Bertz CT molecular complexity index is 381. The molecule has 94 valence electrons. The second-order valence-electron chi connectivity index (χ2n) is 4.38. The Labute approximate surface area is 107 Å². The lowest BCUT2D eigenvalue weighted by Gasteiger charge is -2.16. The molecule has 3 N–H and O–H groups in total. The number of hydrogen-bond acceptors (Lipinski definition) is 2. The van der Waals surface area contributed by atoms with Crippen LogP contribution in [0.25, 0.3) is 0 Å². The van der Waals surface area contributed by atoms with Crippen molar-refractivity contribution in [3.05, 3.63) is 34.9 Å². The molecule has 0 heterocycles. The highest BCUT2D eigenvalue weighted by atomic mass is 35.5. The van der Waals surface area contributed by atoms with Crippen molar-refractivity contribution in [3.63, 3.8) is 0 Å². The molecule has 2 atom stereocenters. The molecule has 0 aliphatic heterocycles. The minimum Gasteiger partial charge on any atom is -0.353 e. The molecule has 1 amide bonds. The smallest absolute Gasteiger partial charge is 0.224 e. The van der Waals surface area contributed by atoms with Crippen molar-refractivity contribution >= 4 is 17.5 Å². The molecule has 2 unspecified atom stereocenters. The first-order chi connectivity index (χ1) is 8.02. The van der Waals surface area contributed by atoms with Crippen molar-refractivity contribution in [2.24, 2.45) is 11.7 Å². The van der Waals surface area contributed by atoms with Gasteiger partial charge < -0.3 is 11.1 Å². The van der Waals surface area contributed by atoms with Crippen LogP contribution >= 0.6 is 11.6 Å². The van der Waals surface area contributed by atoms with E-state index in [1.165, 1.54) is 0 Å². The van der Waals surface area contributed by atoms with E-state index in [-0.39, 0.29) is 17.9 Å². The lowest BCUT2D eigenvalue weighted by atomic mass is 10.1. The van der Waals surface area contributed by atoms with Gasteiger partial charge in [-0.1, -0.05) is 30.7 Å². The van der Waals surface area contributed by atoms with Crippen LogP contribution in [0.1, 0.15) is 19.4 Å². The van der Waals surface area contributed by atoms with Crippen molar-refractivity contribution in [2.45, 2.75) is 26.3 Å². The monoisotopic (exact) mass is 254 g/mol. The maximum atomic E-state index is 11.6. The normalized spacial score (nSPS) is 14.1. The SMILES string of the molecule is CC(Cc1cccc(Cl)c1)NC(=O)C(C)CN. The van der Waals surface area contributed by atoms with Crippen molar-refractivity contribution in [1.82, 2.24) is 5.32 Å². The molecule has 1 rings (SSSR count). The van der Waals surface area contributed by atoms with Crippen molar-refractivity contribution in [3.8, 4) is 0 Å². The van der Waals surface area contributed by atoms with Gasteiger partial charge in [-0.25, -0.2) is 0 Å². The van der Waals surface area contributed by atoms with Gasteiger partial charge in [0.05, 0.1) is 0 Å². The average molecular weight is 255 g/mol. The molecule has 3 nitrogen and oxygen atoms in total. The molecule has 0 aliphatic carbocycles. The van der Waals surface area contributed by atoms with Crippen LogP contribution in [-0.2, 0) is 11.2 Å². The highest BCUT2D eigenvalue weighted by Gasteiger charge is 2.13. The largest absolute Gasteiger partial charge is 0.353 e. The van der Waals surface area contributed by atoms with Crippen molar-refractivity contribution < 1.29 is 4.79 Å². The van der Waals surface area contributed by atoms with E-state index in [0.717, 1.165) is 17.0 Å². The van der Waals surface area contributed by atoms with Gasteiger partial charge in [-0.2, -0.15) is 0 Å². The van der Waals surface area contributed by atoms with Gasteiger partial charge in [-0.3, -0.25) is 4.79 Å². The van der Waals surface area contributed by atoms with Crippen LogP contribution in [0, 0.1) is 5.92 Å². The van der Waals surface area contributed by atoms with E-state index >= 15 is 0 Å². The summed E-state index contributed by atoms with van der Waals surface area (Å²) in [6.45, 7) is 4.17. The summed E-state index contributed by atoms with van der Waals surface area (Å²) in [5, 5.41) is 3.66. The first-order valence-electron chi connectivity index (χ1n) is 5.77. The minimum atomic E-state index is -0.142. The number of nitrogens with two attached hydrogens (primary N) is 1. The molecule has 0 aliphatic rings. The van der Waals surface area contributed by atoms with E-state index < -0.39 is 0 Å². The fourth-order valence-corrected chi connectivity index (χ4v) is 1.77. The summed E-state index contributed by atoms with van der Waals surface area (Å²) < 4.78 is 0. The van der Waals surface area contributed by atoms with Crippen molar-refractivity contribution in [1.29, 1.82) is 0 Å². The fourth-order valence-electron chi connectivity index (χ4n) is 1.56. The minimum absolute atomic E-state index is 0.00188. The Morgan fingerprint density at radius 3 is 2.76 bits per heavy atom. The van der Waals surface area contributed by atoms with Crippen LogP contribution in [0.4, 0.5) is 0 Å². The van der Waals surface area contributed by atoms with Gasteiger partial charge in [-0.15, -0.1) is 0 Å². The highest BCUT2D eigenvalue weighted by molar-refractivity contribution is 6.30. The zero-order valence-corrected chi connectivity index (χ0v) is 11.0. The molecule has 1 aromatic carbocycles. The summed E-state index contributed by atoms with van der Waals surface area (Å²) in [4.78, 5) is 11.6. The lowest BCUT2D eigenvalue weighted by molar-refractivity contribution is -0.124. The number of carbonyl (C=O) groups excluding carboxylic acids is 1. The Morgan fingerprint density at radius 1 is 1.47 bits per heavy atom. The summed E-state index contributed by atoms with van der Waals surface area (Å²) in [7, 11) is 0. The third-order valence-electron chi connectivity index (χ3n) is 2.62. The van der Waals surface area contributed by atoms with Crippen molar-refractivity contribution in [2.75, 3.05) is 6.54 Å². The molecular formula is C13H19ClN2O. The highest BCUT2D eigenvalue weighted by Crippen LogP contribution is 2.12. The van der Waals surface area contributed by atoms with Crippen LogP contribution in [0.5, 0.6) is 0 Å². The van der Waals surface area contributed by atoms with Gasteiger partial charge in [0.1, 0.15) is 0 Å². The van der Waals surface area contributed by atoms with Gasteiger partial charge in [0.25, 0.3) is 0 Å². The number of rotatable bonds is 5. The molecule has 4 heteroatoms. The summed E-state index contributed by atoms with van der Waals surface area (Å²) in [6, 6.07) is 7.74. The Balaban J connectivity index is 2.50. The predicted molar refractivity (Wildman–Crippen MR) is 71.0 cm³/mol. The second kappa shape index (κ2) is 6.62.